The van der Waals surface area contributed by atoms with Crippen LogP contribution >= 0.6 is 0 Å². The predicted octanol–water partition coefficient (Wildman–Crippen LogP) is 2.94. The second-order valence-electron chi connectivity index (χ2n) is 4.14. The summed E-state index contributed by atoms with van der Waals surface area (Å²) in [6.07, 6.45) is 1.89. The molecule has 0 atom stereocenters. The van der Waals surface area contributed by atoms with Crippen molar-refractivity contribution in [3.63, 3.8) is 0 Å². The lowest BCUT2D eigenvalue weighted by atomic mass is 10.1. The van der Waals surface area contributed by atoms with Crippen molar-refractivity contribution >= 4 is 11.0 Å². The first-order valence-corrected chi connectivity index (χ1v) is 5.60. The van der Waals surface area contributed by atoms with Gasteiger partial charge in [0.15, 0.2) is 0 Å². The van der Waals surface area contributed by atoms with Crippen molar-refractivity contribution in [3.05, 3.63) is 48.4 Å². The molecule has 84 valence electrons. The number of imidazole rings is 1. The van der Waals surface area contributed by atoms with E-state index in [1.165, 1.54) is 0 Å². The topological polar surface area (TPSA) is 30.7 Å². The van der Waals surface area contributed by atoms with Crippen molar-refractivity contribution in [2.24, 2.45) is 7.05 Å². The lowest BCUT2D eigenvalue weighted by Crippen LogP contribution is -1.90. The van der Waals surface area contributed by atoms with E-state index in [4.69, 9.17) is 0 Å². The summed E-state index contributed by atoms with van der Waals surface area (Å²) in [5.41, 5.74) is 4.16. The Kier molecular flexibility index (Phi) is 2.18. The summed E-state index contributed by atoms with van der Waals surface area (Å²) >= 11 is 0. The lowest BCUT2D eigenvalue weighted by molar-refractivity contribution is 0.884. The molecule has 0 aliphatic rings. The molecule has 0 amide bonds. The molecule has 0 saturated carbocycles. The Morgan fingerprint density at radius 3 is 2.65 bits per heavy atom. The minimum Gasteiger partial charge on any atom is -0.330 e. The minimum atomic E-state index is 0.969. The summed E-state index contributed by atoms with van der Waals surface area (Å²) in [6, 6.07) is 12.2. The molecule has 0 saturated heterocycles. The Morgan fingerprint density at radius 1 is 1.12 bits per heavy atom. The Bertz CT molecular complexity index is 669. The second kappa shape index (κ2) is 3.70. The van der Waals surface area contributed by atoms with Gasteiger partial charge in [0, 0.05) is 12.6 Å². The monoisotopic (exact) mass is 223 g/mol. The van der Waals surface area contributed by atoms with Crippen molar-refractivity contribution in [1.82, 2.24) is 14.5 Å². The van der Waals surface area contributed by atoms with Gasteiger partial charge in [-0.1, -0.05) is 30.3 Å². The van der Waals surface area contributed by atoms with E-state index in [1.807, 2.05) is 44.4 Å². The molecule has 2 heterocycles. The maximum absolute atomic E-state index is 4.52. The average Bonchev–Trinajstić information content (AvgIpc) is 2.66. The molecule has 2 aromatic heterocycles. The summed E-state index contributed by atoms with van der Waals surface area (Å²) in [7, 11) is 2.01. The largest absolute Gasteiger partial charge is 0.330 e. The fourth-order valence-electron chi connectivity index (χ4n) is 1.98. The van der Waals surface area contributed by atoms with Gasteiger partial charge in [-0.05, 0) is 13.0 Å². The van der Waals surface area contributed by atoms with E-state index >= 15 is 0 Å². The van der Waals surface area contributed by atoms with Gasteiger partial charge in [-0.2, -0.15) is 0 Å². The van der Waals surface area contributed by atoms with Gasteiger partial charge in [0.05, 0.1) is 22.9 Å². The Balaban J connectivity index is 2.21. The first-order valence-electron chi connectivity index (χ1n) is 5.60. The van der Waals surface area contributed by atoms with Crippen molar-refractivity contribution in [3.8, 4) is 11.3 Å². The molecule has 0 unspecified atom stereocenters. The van der Waals surface area contributed by atoms with Crippen LogP contribution < -0.4 is 0 Å². The van der Waals surface area contributed by atoms with Crippen molar-refractivity contribution in [1.29, 1.82) is 0 Å². The van der Waals surface area contributed by atoms with Crippen LogP contribution in [-0.4, -0.2) is 14.5 Å². The number of aryl methyl sites for hydroxylation is 2. The van der Waals surface area contributed by atoms with Gasteiger partial charge in [-0.3, -0.25) is 4.98 Å². The first-order chi connectivity index (χ1) is 8.25. The predicted molar refractivity (Wildman–Crippen MR) is 68.7 cm³/mol. The fourth-order valence-corrected chi connectivity index (χ4v) is 1.98. The Hall–Kier alpha value is -2.16. The van der Waals surface area contributed by atoms with Gasteiger partial charge in [0.1, 0.15) is 5.82 Å². The van der Waals surface area contributed by atoms with Crippen LogP contribution in [0.3, 0.4) is 0 Å². The molecular formula is C14H13N3. The minimum absolute atomic E-state index is 0.969. The highest BCUT2D eigenvalue weighted by Gasteiger charge is 2.06. The number of nitrogens with zero attached hydrogens (tertiary/aromatic N) is 3. The smallest absolute Gasteiger partial charge is 0.106 e. The molecule has 0 radical (unpaired) electrons. The zero-order valence-electron chi connectivity index (χ0n) is 9.88. The van der Waals surface area contributed by atoms with Crippen LogP contribution in [0.25, 0.3) is 22.3 Å². The van der Waals surface area contributed by atoms with E-state index in [1.54, 1.807) is 0 Å². The molecule has 0 N–H and O–H groups in total. The highest BCUT2D eigenvalue weighted by Crippen LogP contribution is 2.21. The van der Waals surface area contributed by atoms with Gasteiger partial charge in [0.25, 0.3) is 0 Å². The van der Waals surface area contributed by atoms with E-state index < -0.39 is 0 Å². The van der Waals surface area contributed by atoms with Crippen molar-refractivity contribution in [2.45, 2.75) is 6.92 Å². The number of rotatable bonds is 1. The summed E-state index contributed by atoms with van der Waals surface area (Å²) in [6.45, 7) is 2.00. The van der Waals surface area contributed by atoms with E-state index in [-0.39, 0.29) is 0 Å². The summed E-state index contributed by atoms with van der Waals surface area (Å²) in [4.78, 5) is 9.01. The maximum atomic E-state index is 4.52. The number of hydrogen-bond acceptors (Lipinski definition) is 2. The SMILES string of the molecule is Cc1nc2cc(-c3ccccc3)ncc2n1C. The third-order valence-electron chi connectivity index (χ3n) is 3.06. The zero-order chi connectivity index (χ0) is 11.8. The number of pyridine rings is 1. The number of hydrogen-bond donors (Lipinski definition) is 0. The fraction of sp³-hybridized carbons (Fsp3) is 0.143. The molecule has 3 aromatic rings. The molecule has 3 rings (SSSR count). The third kappa shape index (κ3) is 1.60. The van der Waals surface area contributed by atoms with Crippen molar-refractivity contribution in [2.75, 3.05) is 0 Å². The normalized spacial score (nSPS) is 10.9. The summed E-state index contributed by atoms with van der Waals surface area (Å²) in [5.74, 6) is 1.01. The molecule has 0 aliphatic carbocycles. The Labute approximate surface area is 99.8 Å². The molecule has 17 heavy (non-hydrogen) atoms. The van der Waals surface area contributed by atoms with Gasteiger partial charge in [0.2, 0.25) is 0 Å². The van der Waals surface area contributed by atoms with E-state index in [2.05, 4.69) is 26.7 Å². The van der Waals surface area contributed by atoms with Crippen LogP contribution in [0, 0.1) is 6.92 Å². The highest BCUT2D eigenvalue weighted by atomic mass is 15.1. The quantitative estimate of drug-likeness (QED) is 0.635. The van der Waals surface area contributed by atoms with E-state index in [0.29, 0.717) is 0 Å². The molecule has 0 spiro atoms. The average molecular weight is 223 g/mol. The standard InChI is InChI=1S/C14H13N3/c1-10-16-13-8-12(11-6-4-3-5-7-11)15-9-14(13)17(10)2/h3-9H,1-2H3. The van der Waals surface area contributed by atoms with Crippen molar-refractivity contribution < 1.29 is 0 Å². The van der Waals surface area contributed by atoms with Gasteiger partial charge in [-0.15, -0.1) is 0 Å². The first kappa shape index (κ1) is 10.0. The molecule has 1 aromatic carbocycles. The summed E-state index contributed by atoms with van der Waals surface area (Å²) in [5, 5.41) is 0. The van der Waals surface area contributed by atoms with Crippen LogP contribution in [-0.2, 0) is 7.05 Å². The van der Waals surface area contributed by atoms with Gasteiger partial charge < -0.3 is 4.57 Å². The Morgan fingerprint density at radius 2 is 1.88 bits per heavy atom. The van der Waals surface area contributed by atoms with Crippen LogP contribution in [0.15, 0.2) is 42.6 Å². The molecule has 0 fully saturated rings. The molecular weight excluding hydrogens is 210 g/mol. The van der Waals surface area contributed by atoms with Gasteiger partial charge in [-0.25, -0.2) is 4.98 Å². The van der Waals surface area contributed by atoms with E-state index in [9.17, 15) is 0 Å². The molecule has 3 heteroatoms. The highest BCUT2D eigenvalue weighted by molar-refractivity contribution is 5.79. The van der Waals surface area contributed by atoms with Crippen LogP contribution in [0.2, 0.25) is 0 Å². The second-order valence-corrected chi connectivity index (χ2v) is 4.14. The van der Waals surface area contributed by atoms with E-state index in [0.717, 1.165) is 28.1 Å². The maximum Gasteiger partial charge on any atom is 0.106 e. The number of benzene rings is 1. The zero-order valence-corrected chi connectivity index (χ0v) is 9.88. The third-order valence-corrected chi connectivity index (χ3v) is 3.06. The number of fused-ring (bicyclic) bond motifs is 1. The van der Waals surface area contributed by atoms with Crippen LogP contribution in [0.1, 0.15) is 5.82 Å². The summed E-state index contributed by atoms with van der Waals surface area (Å²) < 4.78 is 2.05. The van der Waals surface area contributed by atoms with Crippen LogP contribution in [0.5, 0.6) is 0 Å². The van der Waals surface area contributed by atoms with Crippen LogP contribution in [0.4, 0.5) is 0 Å². The molecule has 3 nitrogen and oxygen atoms in total. The number of aromatic nitrogens is 3. The van der Waals surface area contributed by atoms with Gasteiger partial charge >= 0.3 is 0 Å². The lowest BCUT2D eigenvalue weighted by Gasteiger charge is -2.00. The molecule has 0 bridgehead atoms. The molecule has 0 aliphatic heterocycles.